The van der Waals surface area contributed by atoms with Crippen LogP contribution in [0.3, 0.4) is 0 Å². The van der Waals surface area contributed by atoms with E-state index in [0.29, 0.717) is 26.2 Å². The smallest absolute Gasteiger partial charge is 0.410 e. The van der Waals surface area contributed by atoms with Crippen LogP contribution in [0, 0.1) is 12.8 Å². The first-order valence-electron chi connectivity index (χ1n) is 10.2. The summed E-state index contributed by atoms with van der Waals surface area (Å²) in [6.07, 6.45) is 1.23. The monoisotopic (exact) mass is 388 g/mol. The summed E-state index contributed by atoms with van der Waals surface area (Å²) >= 11 is 0. The number of fused-ring (bicyclic) bond motifs is 2. The molecule has 0 unspecified atom stereocenters. The molecule has 0 bridgehead atoms. The van der Waals surface area contributed by atoms with Crippen LogP contribution >= 0.6 is 0 Å². The Kier molecular flexibility index (Phi) is 5.60. The SMILES string of the molecule is Cc1c2c(cc3c1N(C(=O)C(C)C)CCO3)CCN(C(=O)OC(C)(C)C)CC2. The number of carbonyl (C=O) groups is 2. The van der Waals surface area contributed by atoms with E-state index in [1.807, 2.05) is 39.5 Å². The number of rotatable bonds is 1. The number of benzene rings is 1. The predicted octanol–water partition coefficient (Wildman–Crippen LogP) is 3.71. The third kappa shape index (κ3) is 4.10. The normalized spacial score (nSPS) is 16.8. The van der Waals surface area contributed by atoms with Crippen molar-refractivity contribution in [1.29, 1.82) is 0 Å². The van der Waals surface area contributed by atoms with Crippen molar-refractivity contribution in [1.82, 2.24) is 4.90 Å². The number of hydrogen-bond acceptors (Lipinski definition) is 4. The van der Waals surface area contributed by atoms with Gasteiger partial charge in [-0.25, -0.2) is 4.79 Å². The van der Waals surface area contributed by atoms with E-state index in [0.717, 1.165) is 29.8 Å². The molecule has 0 radical (unpaired) electrons. The Labute approximate surface area is 167 Å². The van der Waals surface area contributed by atoms with Crippen LogP contribution in [0.1, 0.15) is 51.3 Å². The van der Waals surface area contributed by atoms with E-state index >= 15 is 0 Å². The first-order chi connectivity index (χ1) is 13.1. The molecule has 154 valence electrons. The lowest BCUT2D eigenvalue weighted by atomic mass is 9.94. The van der Waals surface area contributed by atoms with E-state index < -0.39 is 5.60 Å². The first kappa shape index (κ1) is 20.5. The van der Waals surface area contributed by atoms with Gasteiger partial charge in [-0.3, -0.25) is 4.79 Å². The van der Waals surface area contributed by atoms with Crippen LogP contribution < -0.4 is 9.64 Å². The van der Waals surface area contributed by atoms with Crippen molar-refractivity contribution in [2.24, 2.45) is 5.92 Å². The largest absolute Gasteiger partial charge is 0.490 e. The molecule has 1 aromatic rings. The van der Waals surface area contributed by atoms with Crippen LogP contribution in [-0.2, 0) is 22.4 Å². The highest BCUT2D eigenvalue weighted by Gasteiger charge is 2.31. The van der Waals surface area contributed by atoms with Gasteiger partial charge in [0.15, 0.2) is 0 Å². The maximum absolute atomic E-state index is 12.7. The molecule has 0 saturated heterocycles. The Hall–Kier alpha value is -2.24. The average molecular weight is 389 g/mol. The lowest BCUT2D eigenvalue weighted by Crippen LogP contribution is -2.41. The molecule has 2 aliphatic heterocycles. The molecule has 0 aliphatic carbocycles. The van der Waals surface area contributed by atoms with Crippen molar-refractivity contribution >= 4 is 17.7 Å². The molecule has 28 heavy (non-hydrogen) atoms. The van der Waals surface area contributed by atoms with E-state index in [-0.39, 0.29) is 17.9 Å². The van der Waals surface area contributed by atoms with Crippen LogP contribution in [0.15, 0.2) is 6.07 Å². The number of ether oxygens (including phenoxy) is 2. The Bertz CT molecular complexity index is 780. The second kappa shape index (κ2) is 7.64. The standard InChI is InChI=1S/C22H32N2O4/c1-14(2)20(25)24-11-12-27-18-13-16-7-9-23(21(26)28-22(4,5)6)10-8-17(16)15(3)19(18)24/h13-14H,7-12H2,1-6H3. The topological polar surface area (TPSA) is 59.1 Å². The molecule has 2 aliphatic rings. The maximum Gasteiger partial charge on any atom is 0.410 e. The molecule has 3 rings (SSSR count). The Morgan fingerprint density at radius 3 is 2.46 bits per heavy atom. The lowest BCUT2D eigenvalue weighted by molar-refractivity contribution is -0.121. The van der Waals surface area contributed by atoms with Crippen molar-refractivity contribution in [2.75, 3.05) is 31.1 Å². The zero-order valence-electron chi connectivity index (χ0n) is 17.9. The molecule has 0 spiro atoms. The van der Waals surface area contributed by atoms with Gasteiger partial charge in [-0.15, -0.1) is 0 Å². The van der Waals surface area contributed by atoms with E-state index in [1.165, 1.54) is 11.1 Å². The van der Waals surface area contributed by atoms with Gasteiger partial charge in [-0.05, 0) is 63.3 Å². The minimum absolute atomic E-state index is 0.0631. The second-order valence-electron chi connectivity index (χ2n) is 8.95. The molecular formula is C22H32N2O4. The van der Waals surface area contributed by atoms with Gasteiger partial charge in [0.2, 0.25) is 5.91 Å². The van der Waals surface area contributed by atoms with E-state index in [4.69, 9.17) is 9.47 Å². The Balaban J connectivity index is 1.89. The zero-order valence-corrected chi connectivity index (χ0v) is 17.9. The number of carbonyl (C=O) groups excluding carboxylic acids is 2. The van der Waals surface area contributed by atoms with Gasteiger partial charge >= 0.3 is 6.09 Å². The molecule has 0 N–H and O–H groups in total. The summed E-state index contributed by atoms with van der Waals surface area (Å²) in [5.41, 5.74) is 3.90. The fourth-order valence-corrected chi connectivity index (χ4v) is 3.91. The van der Waals surface area contributed by atoms with Crippen LogP contribution in [-0.4, -0.2) is 48.7 Å². The molecule has 6 heteroatoms. The van der Waals surface area contributed by atoms with Gasteiger partial charge in [0, 0.05) is 19.0 Å². The second-order valence-corrected chi connectivity index (χ2v) is 8.95. The number of hydrogen-bond donors (Lipinski definition) is 0. The fourth-order valence-electron chi connectivity index (χ4n) is 3.91. The molecule has 0 saturated carbocycles. The Morgan fingerprint density at radius 2 is 1.82 bits per heavy atom. The van der Waals surface area contributed by atoms with Gasteiger partial charge in [0.05, 0.1) is 12.2 Å². The molecule has 0 aromatic heterocycles. The number of anilines is 1. The minimum Gasteiger partial charge on any atom is -0.490 e. The van der Waals surface area contributed by atoms with Crippen LogP contribution in [0.4, 0.5) is 10.5 Å². The summed E-state index contributed by atoms with van der Waals surface area (Å²) in [4.78, 5) is 28.9. The highest BCUT2D eigenvalue weighted by molar-refractivity contribution is 5.97. The quantitative estimate of drug-likeness (QED) is 0.736. The fraction of sp³-hybridized carbons (Fsp3) is 0.636. The summed E-state index contributed by atoms with van der Waals surface area (Å²) in [7, 11) is 0. The van der Waals surface area contributed by atoms with Crippen molar-refractivity contribution in [3.63, 3.8) is 0 Å². The van der Waals surface area contributed by atoms with Gasteiger partial charge in [-0.2, -0.15) is 0 Å². The molecule has 1 aromatic carbocycles. The third-order valence-corrected chi connectivity index (χ3v) is 5.27. The van der Waals surface area contributed by atoms with Gasteiger partial charge in [0.1, 0.15) is 18.0 Å². The number of nitrogens with zero attached hydrogens (tertiary/aromatic N) is 2. The van der Waals surface area contributed by atoms with Crippen molar-refractivity contribution in [2.45, 2.75) is 60.0 Å². The Morgan fingerprint density at radius 1 is 1.14 bits per heavy atom. The van der Waals surface area contributed by atoms with Crippen molar-refractivity contribution in [3.8, 4) is 5.75 Å². The highest BCUT2D eigenvalue weighted by atomic mass is 16.6. The lowest BCUT2D eigenvalue weighted by Gasteiger charge is -2.33. The molecule has 0 atom stereocenters. The van der Waals surface area contributed by atoms with Crippen LogP contribution in [0.25, 0.3) is 0 Å². The summed E-state index contributed by atoms with van der Waals surface area (Å²) in [6, 6.07) is 2.07. The van der Waals surface area contributed by atoms with Crippen LogP contribution in [0.2, 0.25) is 0 Å². The summed E-state index contributed by atoms with van der Waals surface area (Å²) in [5.74, 6) is 0.839. The molecular weight excluding hydrogens is 356 g/mol. The average Bonchev–Trinajstić information content (AvgIpc) is 2.82. The molecule has 6 nitrogen and oxygen atoms in total. The number of amides is 2. The van der Waals surface area contributed by atoms with Gasteiger partial charge in [0.25, 0.3) is 0 Å². The molecule has 0 fully saturated rings. The van der Waals surface area contributed by atoms with E-state index in [9.17, 15) is 9.59 Å². The van der Waals surface area contributed by atoms with E-state index in [1.54, 1.807) is 4.90 Å². The third-order valence-electron chi connectivity index (χ3n) is 5.27. The van der Waals surface area contributed by atoms with Crippen LogP contribution in [0.5, 0.6) is 5.75 Å². The highest BCUT2D eigenvalue weighted by Crippen LogP contribution is 2.40. The van der Waals surface area contributed by atoms with Gasteiger partial charge < -0.3 is 19.3 Å². The summed E-state index contributed by atoms with van der Waals surface area (Å²) < 4.78 is 11.5. The van der Waals surface area contributed by atoms with Gasteiger partial charge in [-0.1, -0.05) is 13.8 Å². The summed E-state index contributed by atoms with van der Waals surface area (Å²) in [6.45, 7) is 13.9. The predicted molar refractivity (Wildman–Crippen MR) is 109 cm³/mol. The molecule has 2 heterocycles. The zero-order chi connectivity index (χ0) is 20.6. The summed E-state index contributed by atoms with van der Waals surface area (Å²) in [5, 5.41) is 0. The molecule has 2 amide bonds. The first-order valence-corrected chi connectivity index (χ1v) is 10.2. The minimum atomic E-state index is -0.503. The van der Waals surface area contributed by atoms with E-state index in [2.05, 4.69) is 13.0 Å². The van der Waals surface area contributed by atoms with Crippen molar-refractivity contribution < 1.29 is 19.1 Å². The maximum atomic E-state index is 12.7. The van der Waals surface area contributed by atoms with Crippen molar-refractivity contribution in [3.05, 3.63) is 22.8 Å².